The standard InChI is InChI=1S/C11H11F2N3/c12-10-2-1-8(3-11(10)13)4-14-5-9-6-15-7-16-9/h1-3,6-7,14H,4-5H2,(H,15,16). The van der Waals surface area contributed by atoms with Crippen LogP contribution in [0.2, 0.25) is 0 Å². The van der Waals surface area contributed by atoms with Crippen molar-refractivity contribution in [1.82, 2.24) is 15.3 Å². The zero-order valence-electron chi connectivity index (χ0n) is 8.50. The average molecular weight is 223 g/mol. The number of imidazole rings is 1. The highest BCUT2D eigenvalue weighted by Crippen LogP contribution is 2.08. The number of aromatic nitrogens is 2. The molecule has 0 aliphatic carbocycles. The van der Waals surface area contributed by atoms with E-state index < -0.39 is 11.6 Å². The highest BCUT2D eigenvalue weighted by molar-refractivity contribution is 5.17. The average Bonchev–Trinajstić information content (AvgIpc) is 2.76. The third kappa shape index (κ3) is 2.64. The summed E-state index contributed by atoms with van der Waals surface area (Å²) in [6, 6.07) is 3.87. The third-order valence-corrected chi connectivity index (χ3v) is 2.18. The molecule has 1 aromatic heterocycles. The molecule has 0 aliphatic rings. The van der Waals surface area contributed by atoms with Crippen molar-refractivity contribution in [3.63, 3.8) is 0 Å². The summed E-state index contributed by atoms with van der Waals surface area (Å²) in [6.07, 6.45) is 3.30. The first-order valence-electron chi connectivity index (χ1n) is 4.87. The molecule has 0 unspecified atom stereocenters. The summed E-state index contributed by atoms with van der Waals surface area (Å²) in [5, 5.41) is 3.09. The van der Waals surface area contributed by atoms with E-state index in [-0.39, 0.29) is 0 Å². The van der Waals surface area contributed by atoms with Crippen LogP contribution >= 0.6 is 0 Å². The molecule has 0 atom stereocenters. The normalized spacial score (nSPS) is 10.6. The smallest absolute Gasteiger partial charge is 0.159 e. The van der Waals surface area contributed by atoms with Gasteiger partial charge in [0, 0.05) is 25.0 Å². The molecule has 0 radical (unpaired) electrons. The van der Waals surface area contributed by atoms with Crippen molar-refractivity contribution in [2.45, 2.75) is 13.1 Å². The van der Waals surface area contributed by atoms with Crippen molar-refractivity contribution in [1.29, 1.82) is 0 Å². The molecule has 0 saturated carbocycles. The minimum atomic E-state index is -0.822. The highest BCUT2D eigenvalue weighted by atomic mass is 19.2. The Bertz CT molecular complexity index is 454. The van der Waals surface area contributed by atoms with Crippen molar-refractivity contribution < 1.29 is 8.78 Å². The molecule has 2 rings (SSSR count). The lowest BCUT2D eigenvalue weighted by Crippen LogP contribution is -2.13. The second kappa shape index (κ2) is 4.85. The first kappa shape index (κ1) is 10.8. The van der Waals surface area contributed by atoms with Crippen LogP contribution < -0.4 is 5.32 Å². The number of hydrogen-bond donors (Lipinski definition) is 2. The number of nitrogens with zero attached hydrogens (tertiary/aromatic N) is 1. The fourth-order valence-electron chi connectivity index (χ4n) is 1.37. The van der Waals surface area contributed by atoms with Crippen LogP contribution in [0.4, 0.5) is 8.78 Å². The number of H-pyrrole nitrogens is 1. The van der Waals surface area contributed by atoms with Gasteiger partial charge in [0.05, 0.1) is 6.33 Å². The molecular formula is C11H11F2N3. The summed E-state index contributed by atoms with van der Waals surface area (Å²) in [5.41, 5.74) is 1.65. The van der Waals surface area contributed by atoms with Crippen LogP contribution in [0.3, 0.4) is 0 Å². The molecule has 0 spiro atoms. The van der Waals surface area contributed by atoms with Crippen LogP contribution in [0.5, 0.6) is 0 Å². The van der Waals surface area contributed by atoms with Gasteiger partial charge in [-0.25, -0.2) is 13.8 Å². The lowest BCUT2D eigenvalue weighted by Gasteiger charge is -2.03. The topological polar surface area (TPSA) is 40.7 Å². The van der Waals surface area contributed by atoms with E-state index in [1.807, 2.05) is 0 Å². The first-order chi connectivity index (χ1) is 7.75. The number of aromatic amines is 1. The van der Waals surface area contributed by atoms with E-state index in [1.165, 1.54) is 6.07 Å². The quantitative estimate of drug-likeness (QED) is 0.832. The van der Waals surface area contributed by atoms with Gasteiger partial charge in [-0.1, -0.05) is 6.07 Å². The van der Waals surface area contributed by atoms with Gasteiger partial charge in [-0.05, 0) is 17.7 Å². The predicted molar refractivity (Wildman–Crippen MR) is 55.5 cm³/mol. The lowest BCUT2D eigenvalue weighted by atomic mass is 10.2. The largest absolute Gasteiger partial charge is 0.347 e. The summed E-state index contributed by atoms with van der Waals surface area (Å²) >= 11 is 0. The van der Waals surface area contributed by atoms with Gasteiger partial charge < -0.3 is 10.3 Å². The van der Waals surface area contributed by atoms with Crippen molar-refractivity contribution in [3.05, 3.63) is 53.6 Å². The van der Waals surface area contributed by atoms with E-state index in [9.17, 15) is 8.78 Å². The third-order valence-electron chi connectivity index (χ3n) is 2.18. The Morgan fingerprint density at radius 3 is 2.75 bits per heavy atom. The summed E-state index contributed by atoms with van der Waals surface area (Å²) in [7, 11) is 0. The molecule has 0 amide bonds. The second-order valence-electron chi connectivity index (χ2n) is 3.43. The number of rotatable bonds is 4. The second-order valence-corrected chi connectivity index (χ2v) is 3.43. The number of halogens is 2. The van der Waals surface area contributed by atoms with Crippen LogP contribution in [0.15, 0.2) is 30.7 Å². The zero-order valence-corrected chi connectivity index (χ0v) is 8.50. The van der Waals surface area contributed by atoms with Gasteiger partial charge >= 0.3 is 0 Å². The molecule has 0 aliphatic heterocycles. The molecule has 3 nitrogen and oxygen atoms in total. The molecular weight excluding hydrogens is 212 g/mol. The molecule has 0 fully saturated rings. The van der Waals surface area contributed by atoms with Gasteiger partial charge in [0.25, 0.3) is 0 Å². The van der Waals surface area contributed by atoms with Crippen molar-refractivity contribution in [2.24, 2.45) is 0 Å². The molecule has 16 heavy (non-hydrogen) atoms. The Morgan fingerprint density at radius 1 is 1.19 bits per heavy atom. The van der Waals surface area contributed by atoms with Crippen molar-refractivity contribution in [3.8, 4) is 0 Å². The molecule has 0 bridgehead atoms. The number of hydrogen-bond acceptors (Lipinski definition) is 2. The van der Waals surface area contributed by atoms with E-state index in [0.717, 1.165) is 11.8 Å². The number of benzene rings is 1. The maximum Gasteiger partial charge on any atom is 0.159 e. The summed E-state index contributed by atoms with van der Waals surface area (Å²) in [4.78, 5) is 6.80. The number of nitrogens with one attached hydrogen (secondary N) is 2. The van der Waals surface area contributed by atoms with Crippen LogP contribution in [-0.2, 0) is 13.1 Å². The van der Waals surface area contributed by atoms with Gasteiger partial charge in [0.1, 0.15) is 0 Å². The van der Waals surface area contributed by atoms with Crippen LogP contribution in [-0.4, -0.2) is 9.97 Å². The Balaban J connectivity index is 1.87. The van der Waals surface area contributed by atoms with E-state index in [4.69, 9.17) is 0 Å². The summed E-state index contributed by atoms with van der Waals surface area (Å²) < 4.78 is 25.5. The minimum absolute atomic E-state index is 0.482. The Hall–Kier alpha value is -1.75. The Kier molecular flexibility index (Phi) is 3.26. The first-order valence-corrected chi connectivity index (χ1v) is 4.87. The summed E-state index contributed by atoms with van der Waals surface area (Å²) in [5.74, 6) is -1.64. The monoisotopic (exact) mass is 223 g/mol. The molecule has 2 N–H and O–H groups in total. The lowest BCUT2D eigenvalue weighted by molar-refractivity contribution is 0.506. The van der Waals surface area contributed by atoms with Crippen LogP contribution in [0, 0.1) is 11.6 Å². The Labute approximate surface area is 91.5 Å². The van der Waals surface area contributed by atoms with Crippen molar-refractivity contribution in [2.75, 3.05) is 0 Å². The SMILES string of the molecule is Fc1ccc(CNCc2cnc[nH]2)cc1F. The Morgan fingerprint density at radius 2 is 2.06 bits per heavy atom. The van der Waals surface area contributed by atoms with Gasteiger partial charge in [-0.15, -0.1) is 0 Å². The van der Waals surface area contributed by atoms with Gasteiger partial charge in [-0.2, -0.15) is 0 Å². The van der Waals surface area contributed by atoms with Crippen LogP contribution in [0.25, 0.3) is 0 Å². The zero-order chi connectivity index (χ0) is 11.4. The van der Waals surface area contributed by atoms with E-state index in [2.05, 4.69) is 15.3 Å². The molecule has 1 heterocycles. The molecule has 5 heteroatoms. The minimum Gasteiger partial charge on any atom is -0.347 e. The maximum atomic E-state index is 12.9. The van der Waals surface area contributed by atoms with E-state index in [0.29, 0.717) is 18.7 Å². The van der Waals surface area contributed by atoms with Crippen molar-refractivity contribution >= 4 is 0 Å². The predicted octanol–water partition coefficient (Wildman–Crippen LogP) is 1.98. The summed E-state index contributed by atoms with van der Waals surface area (Å²) in [6.45, 7) is 1.09. The van der Waals surface area contributed by atoms with Gasteiger partial charge in [0.15, 0.2) is 11.6 Å². The maximum absolute atomic E-state index is 12.9. The molecule has 84 valence electrons. The van der Waals surface area contributed by atoms with Gasteiger partial charge in [0.2, 0.25) is 0 Å². The van der Waals surface area contributed by atoms with E-state index in [1.54, 1.807) is 18.6 Å². The van der Waals surface area contributed by atoms with Gasteiger partial charge in [-0.3, -0.25) is 0 Å². The molecule has 2 aromatic rings. The fourth-order valence-corrected chi connectivity index (χ4v) is 1.37. The molecule has 1 aromatic carbocycles. The van der Waals surface area contributed by atoms with Crippen LogP contribution in [0.1, 0.15) is 11.3 Å². The highest BCUT2D eigenvalue weighted by Gasteiger charge is 2.02. The fraction of sp³-hybridized carbons (Fsp3) is 0.182. The molecule has 0 saturated heterocycles. The van der Waals surface area contributed by atoms with E-state index >= 15 is 0 Å².